The fourth-order valence-corrected chi connectivity index (χ4v) is 2.58. The Hall–Kier alpha value is -1.89. The minimum absolute atomic E-state index is 0.110. The highest BCUT2D eigenvalue weighted by atomic mass is 32.3. The quantitative estimate of drug-likeness (QED) is 0.564. The highest BCUT2D eigenvalue weighted by Gasteiger charge is 2.31. The van der Waals surface area contributed by atoms with Crippen molar-refractivity contribution in [3.05, 3.63) is 11.9 Å². The highest BCUT2D eigenvalue weighted by Crippen LogP contribution is 2.20. The predicted molar refractivity (Wildman–Crippen MR) is 78.9 cm³/mol. The van der Waals surface area contributed by atoms with Gasteiger partial charge in [-0.1, -0.05) is 0 Å². The maximum atomic E-state index is 11.6. The number of carbonyl (C=O) groups excluding carboxylic acids is 1. The van der Waals surface area contributed by atoms with E-state index in [-0.39, 0.29) is 12.6 Å². The monoisotopic (exact) mass is 349 g/mol. The van der Waals surface area contributed by atoms with Crippen molar-refractivity contribution in [3.63, 3.8) is 0 Å². The molecule has 0 aromatic carbocycles. The number of hydrogen-bond acceptors (Lipinski definition) is 9. The van der Waals surface area contributed by atoms with E-state index in [1.54, 1.807) is 6.92 Å². The fourth-order valence-electron chi connectivity index (χ4n) is 2.21. The van der Waals surface area contributed by atoms with Crippen molar-refractivity contribution in [3.8, 4) is 0 Å². The molecule has 0 radical (unpaired) electrons. The zero-order valence-electron chi connectivity index (χ0n) is 12.5. The van der Waals surface area contributed by atoms with Crippen LogP contribution in [0.1, 0.15) is 19.8 Å². The van der Waals surface area contributed by atoms with Gasteiger partial charge in [0.25, 0.3) is 0 Å². The molecule has 2 rings (SSSR count). The van der Waals surface area contributed by atoms with Crippen molar-refractivity contribution >= 4 is 22.5 Å². The van der Waals surface area contributed by atoms with Crippen LogP contribution in [0.5, 0.6) is 0 Å². The number of guanidine groups is 1. The largest absolute Gasteiger partial charge is 0.450 e. The molecule has 1 atom stereocenters. The maximum absolute atomic E-state index is 11.6. The molecule has 2 heterocycles. The molecule has 0 aliphatic carbocycles. The van der Waals surface area contributed by atoms with E-state index in [2.05, 4.69) is 14.6 Å². The van der Waals surface area contributed by atoms with Crippen LogP contribution in [-0.4, -0.2) is 60.8 Å². The van der Waals surface area contributed by atoms with Gasteiger partial charge in [-0.2, -0.15) is 18.5 Å². The van der Waals surface area contributed by atoms with Crippen molar-refractivity contribution < 1.29 is 26.8 Å². The van der Waals surface area contributed by atoms with Crippen LogP contribution in [-0.2, 0) is 19.4 Å². The third kappa shape index (κ3) is 4.79. The number of likely N-dealkylation sites (tertiary alicyclic amines) is 1. The van der Waals surface area contributed by atoms with Crippen molar-refractivity contribution in [2.75, 3.05) is 19.7 Å². The van der Waals surface area contributed by atoms with E-state index in [0.717, 1.165) is 25.9 Å². The number of nitrogens with two attached hydrogens (primary N) is 1. The summed E-state index contributed by atoms with van der Waals surface area (Å²) < 4.78 is 39.8. The zero-order chi connectivity index (χ0) is 17.0. The van der Waals surface area contributed by atoms with Gasteiger partial charge in [0.15, 0.2) is 0 Å². The first-order valence-corrected chi connectivity index (χ1v) is 8.37. The van der Waals surface area contributed by atoms with Crippen LogP contribution in [0.3, 0.4) is 0 Å². The summed E-state index contributed by atoms with van der Waals surface area (Å²) in [6.07, 6.45) is 1.52. The van der Waals surface area contributed by atoms with E-state index in [0.29, 0.717) is 10.9 Å². The summed E-state index contributed by atoms with van der Waals surface area (Å²) in [5.74, 6) is 0.190. The normalized spacial score (nSPS) is 21.8. The second kappa shape index (κ2) is 7.12. The number of nitrogens with zero attached hydrogens (tertiary/aromatic N) is 3. The van der Waals surface area contributed by atoms with Gasteiger partial charge >= 0.3 is 16.5 Å². The van der Waals surface area contributed by atoms with Crippen LogP contribution in [0.4, 0.5) is 4.79 Å². The van der Waals surface area contributed by atoms with E-state index < -0.39 is 22.7 Å². The minimum atomic E-state index is -4.84. The molecule has 4 N–H and O–H groups in total. The summed E-state index contributed by atoms with van der Waals surface area (Å²) in [5, 5.41) is 2.82. The number of ether oxygens (including phenoxy) is 1. The molecule has 1 unspecified atom stereocenters. The average molecular weight is 349 g/mol. The zero-order valence-corrected chi connectivity index (χ0v) is 13.3. The molecule has 1 fully saturated rings. The van der Waals surface area contributed by atoms with Crippen LogP contribution in [0.25, 0.3) is 0 Å². The van der Waals surface area contributed by atoms with Gasteiger partial charge in [0, 0.05) is 13.1 Å². The molecule has 2 aliphatic heterocycles. The summed E-state index contributed by atoms with van der Waals surface area (Å²) in [5.41, 5.74) is 5.83. The number of amides is 1. The second-order valence-corrected chi connectivity index (χ2v) is 5.82. The highest BCUT2D eigenvalue weighted by molar-refractivity contribution is 7.80. The number of hydroxylamine groups is 2. The molecule has 2 aliphatic rings. The fraction of sp³-hybridized carbons (Fsp3) is 0.636. The molecule has 0 aromatic heterocycles. The Bertz CT molecular complexity index is 612. The van der Waals surface area contributed by atoms with Gasteiger partial charge in [0.05, 0.1) is 6.61 Å². The Morgan fingerprint density at radius 2 is 2.17 bits per heavy atom. The predicted octanol–water partition coefficient (Wildman–Crippen LogP) is -0.639. The van der Waals surface area contributed by atoms with Gasteiger partial charge in [0.2, 0.25) is 5.96 Å². The maximum Gasteiger partial charge on any atom is 0.418 e. The van der Waals surface area contributed by atoms with E-state index in [9.17, 15) is 13.2 Å². The van der Waals surface area contributed by atoms with Crippen molar-refractivity contribution in [2.24, 2.45) is 10.7 Å². The summed E-state index contributed by atoms with van der Waals surface area (Å²) in [6, 6.07) is 0. The molecular weight excluding hydrogens is 330 g/mol. The molecule has 130 valence electrons. The number of hydrogen-bond donors (Lipinski definition) is 3. The standard InChI is InChI=1S/C11H19N5O6S/c1-2-21-11(17)14-10-13-9(15-5-3-4-6-15)7-8(12)16(10)22-23(18,19)20/h7-8H,2-6,12H2,1H3,(H,13,14,17)(H,18,19,20). The molecule has 0 saturated carbocycles. The van der Waals surface area contributed by atoms with Gasteiger partial charge in [-0.25, -0.2) is 4.79 Å². The van der Waals surface area contributed by atoms with E-state index in [1.165, 1.54) is 6.08 Å². The average Bonchev–Trinajstić information content (AvgIpc) is 2.95. The third-order valence-electron chi connectivity index (χ3n) is 3.11. The number of rotatable bonds is 4. The molecule has 0 bridgehead atoms. The van der Waals surface area contributed by atoms with Crippen LogP contribution >= 0.6 is 0 Å². The number of carbonyl (C=O) groups is 1. The Balaban J connectivity index is 2.24. The third-order valence-corrected chi connectivity index (χ3v) is 3.46. The Morgan fingerprint density at radius 1 is 1.52 bits per heavy atom. The van der Waals surface area contributed by atoms with Gasteiger partial charge in [-0.3, -0.25) is 9.87 Å². The number of aliphatic imine (C=N–C) groups is 1. The first-order valence-electron chi connectivity index (χ1n) is 7.01. The lowest BCUT2D eigenvalue weighted by Crippen LogP contribution is -2.54. The smallest absolute Gasteiger partial charge is 0.418 e. The van der Waals surface area contributed by atoms with Crippen molar-refractivity contribution in [1.82, 2.24) is 15.3 Å². The van der Waals surface area contributed by atoms with Gasteiger partial charge in [-0.15, -0.1) is 4.28 Å². The molecule has 0 spiro atoms. The van der Waals surface area contributed by atoms with E-state index in [4.69, 9.17) is 15.0 Å². The van der Waals surface area contributed by atoms with Gasteiger partial charge in [-0.05, 0) is 25.8 Å². The molecule has 11 nitrogen and oxygen atoms in total. The SMILES string of the molecule is CCOC(=O)NC1=NC(N2CCCC2)=CC(N)N1OS(=O)(=O)O. The first kappa shape index (κ1) is 17.5. The summed E-state index contributed by atoms with van der Waals surface area (Å²) in [7, 11) is -4.84. The summed E-state index contributed by atoms with van der Waals surface area (Å²) in [4.78, 5) is 17.7. The van der Waals surface area contributed by atoms with Crippen LogP contribution in [0.15, 0.2) is 16.9 Å². The Kier molecular flexibility index (Phi) is 5.41. The van der Waals surface area contributed by atoms with Crippen LogP contribution < -0.4 is 11.1 Å². The molecular formula is C11H19N5O6S. The Labute approximate surface area is 133 Å². The topological polar surface area (TPSA) is 147 Å². The lowest BCUT2D eigenvalue weighted by atomic mass is 10.3. The lowest BCUT2D eigenvalue weighted by Gasteiger charge is -2.32. The van der Waals surface area contributed by atoms with E-state index >= 15 is 0 Å². The molecule has 1 amide bonds. The molecule has 0 aromatic rings. The lowest BCUT2D eigenvalue weighted by molar-refractivity contribution is -0.0157. The van der Waals surface area contributed by atoms with Gasteiger partial charge in [0.1, 0.15) is 12.0 Å². The number of alkyl carbamates (subject to hydrolysis) is 1. The van der Waals surface area contributed by atoms with Gasteiger partial charge < -0.3 is 15.4 Å². The van der Waals surface area contributed by atoms with E-state index in [1.807, 2.05) is 4.90 Å². The summed E-state index contributed by atoms with van der Waals surface area (Å²) in [6.45, 7) is 3.26. The minimum Gasteiger partial charge on any atom is -0.450 e. The summed E-state index contributed by atoms with van der Waals surface area (Å²) >= 11 is 0. The molecule has 12 heteroatoms. The van der Waals surface area contributed by atoms with Crippen molar-refractivity contribution in [1.29, 1.82) is 0 Å². The first-order chi connectivity index (χ1) is 10.8. The van der Waals surface area contributed by atoms with Crippen molar-refractivity contribution in [2.45, 2.75) is 25.9 Å². The van der Waals surface area contributed by atoms with Crippen LogP contribution in [0, 0.1) is 0 Å². The van der Waals surface area contributed by atoms with Crippen LogP contribution in [0.2, 0.25) is 0 Å². The molecule has 1 saturated heterocycles. The number of nitrogens with one attached hydrogen (secondary N) is 1. The Morgan fingerprint density at radius 3 is 2.74 bits per heavy atom. The second-order valence-electron chi connectivity index (χ2n) is 4.82. The molecule has 23 heavy (non-hydrogen) atoms.